The number of para-hydroxylation sites is 1. The summed E-state index contributed by atoms with van der Waals surface area (Å²) >= 11 is 0. The fourth-order valence-electron chi connectivity index (χ4n) is 3.57. The van der Waals surface area contributed by atoms with Gasteiger partial charge in [0.25, 0.3) is 5.91 Å². The van der Waals surface area contributed by atoms with Crippen molar-refractivity contribution >= 4 is 5.91 Å². The average Bonchev–Trinajstić information content (AvgIpc) is 2.72. The van der Waals surface area contributed by atoms with Crippen LogP contribution in [0.25, 0.3) is 0 Å². The fourth-order valence-corrected chi connectivity index (χ4v) is 3.57. The van der Waals surface area contributed by atoms with Crippen molar-refractivity contribution in [2.24, 2.45) is 0 Å². The van der Waals surface area contributed by atoms with Gasteiger partial charge in [0.15, 0.2) is 6.61 Å². The summed E-state index contributed by atoms with van der Waals surface area (Å²) in [5.41, 5.74) is 4.27. The van der Waals surface area contributed by atoms with Gasteiger partial charge in [0, 0.05) is 6.54 Å². The summed E-state index contributed by atoms with van der Waals surface area (Å²) < 4.78 is 5.94. The van der Waals surface area contributed by atoms with Gasteiger partial charge in [0.1, 0.15) is 5.75 Å². The summed E-state index contributed by atoms with van der Waals surface area (Å²) in [6.45, 7) is 6.64. The highest BCUT2D eigenvalue weighted by atomic mass is 16.5. The molecule has 3 nitrogen and oxygen atoms in total. The largest absolute Gasteiger partial charge is 0.483 e. The van der Waals surface area contributed by atoms with E-state index < -0.39 is 0 Å². The molecule has 0 aliphatic carbocycles. The Balaban J connectivity index is 1.86. The van der Waals surface area contributed by atoms with Crippen LogP contribution in [0.15, 0.2) is 78.9 Å². The van der Waals surface area contributed by atoms with E-state index in [-0.39, 0.29) is 18.6 Å². The third-order valence-corrected chi connectivity index (χ3v) is 4.95. The number of hydrogen-bond acceptors (Lipinski definition) is 2. The first-order valence-electron chi connectivity index (χ1n) is 9.70. The van der Waals surface area contributed by atoms with E-state index in [1.165, 1.54) is 0 Å². The molecule has 0 atom stereocenters. The Morgan fingerprint density at radius 1 is 0.821 bits per heavy atom. The molecule has 3 aromatic rings. The zero-order valence-electron chi connectivity index (χ0n) is 16.8. The SMILES string of the molecule is CCN(C(=O)COc1c(C)cccc1C)C(c1ccccc1)c1ccccc1. The molecule has 0 bridgehead atoms. The lowest BCUT2D eigenvalue weighted by molar-refractivity contribution is -0.134. The van der Waals surface area contributed by atoms with E-state index in [1.54, 1.807) is 0 Å². The first-order valence-corrected chi connectivity index (χ1v) is 9.70. The number of benzene rings is 3. The molecule has 0 saturated heterocycles. The molecular formula is C25H27NO2. The zero-order valence-corrected chi connectivity index (χ0v) is 16.8. The molecule has 0 aromatic heterocycles. The quantitative estimate of drug-likeness (QED) is 0.561. The number of hydrogen-bond donors (Lipinski definition) is 0. The topological polar surface area (TPSA) is 29.5 Å². The number of likely N-dealkylation sites (N-methyl/N-ethyl adjacent to an activating group) is 1. The lowest BCUT2D eigenvalue weighted by Crippen LogP contribution is -2.38. The normalized spacial score (nSPS) is 10.7. The number of nitrogens with zero attached hydrogens (tertiary/aromatic N) is 1. The number of aryl methyl sites for hydroxylation is 2. The van der Waals surface area contributed by atoms with Crippen LogP contribution in [0.5, 0.6) is 5.75 Å². The lowest BCUT2D eigenvalue weighted by atomic mass is 9.97. The molecule has 0 aliphatic heterocycles. The zero-order chi connectivity index (χ0) is 19.9. The van der Waals surface area contributed by atoms with Crippen LogP contribution in [-0.2, 0) is 4.79 Å². The number of amides is 1. The van der Waals surface area contributed by atoms with Crippen molar-refractivity contribution in [3.05, 3.63) is 101 Å². The van der Waals surface area contributed by atoms with Crippen LogP contribution >= 0.6 is 0 Å². The Morgan fingerprint density at radius 3 is 1.79 bits per heavy atom. The van der Waals surface area contributed by atoms with Gasteiger partial charge in [-0.25, -0.2) is 0 Å². The van der Waals surface area contributed by atoms with E-state index >= 15 is 0 Å². The summed E-state index contributed by atoms with van der Waals surface area (Å²) in [4.78, 5) is 15.0. The van der Waals surface area contributed by atoms with Gasteiger partial charge in [-0.05, 0) is 43.0 Å². The fraction of sp³-hybridized carbons (Fsp3) is 0.240. The van der Waals surface area contributed by atoms with Crippen molar-refractivity contribution in [1.82, 2.24) is 4.90 Å². The monoisotopic (exact) mass is 373 g/mol. The molecule has 3 heteroatoms. The standard InChI is InChI=1S/C25H27NO2/c1-4-26(23(27)18-28-25-19(2)12-11-13-20(25)3)24(21-14-7-5-8-15-21)22-16-9-6-10-17-22/h5-17,24H,4,18H2,1-3H3. The van der Waals surface area contributed by atoms with Crippen molar-refractivity contribution in [3.8, 4) is 5.75 Å². The Labute approximate surface area is 167 Å². The van der Waals surface area contributed by atoms with E-state index in [2.05, 4.69) is 24.3 Å². The molecule has 3 aromatic carbocycles. The molecule has 0 spiro atoms. The second-order valence-electron chi connectivity index (χ2n) is 6.91. The molecule has 144 valence electrons. The van der Waals surface area contributed by atoms with Gasteiger partial charge in [0.05, 0.1) is 6.04 Å². The predicted molar refractivity (Wildman–Crippen MR) is 114 cm³/mol. The molecule has 0 radical (unpaired) electrons. The van der Waals surface area contributed by atoms with Gasteiger partial charge in [0.2, 0.25) is 0 Å². The minimum absolute atomic E-state index is 0.0235. The van der Waals surface area contributed by atoms with E-state index in [9.17, 15) is 4.79 Å². The first-order chi connectivity index (χ1) is 13.6. The molecule has 0 saturated carbocycles. The van der Waals surface area contributed by atoms with Gasteiger partial charge in [-0.2, -0.15) is 0 Å². The molecule has 0 heterocycles. The number of carbonyl (C=O) groups is 1. The minimum Gasteiger partial charge on any atom is -0.483 e. The molecule has 0 fully saturated rings. The average molecular weight is 373 g/mol. The number of rotatable bonds is 7. The predicted octanol–water partition coefficient (Wildman–Crippen LogP) is 5.32. The third kappa shape index (κ3) is 4.42. The molecule has 1 amide bonds. The summed E-state index contributed by atoms with van der Waals surface area (Å²) in [7, 11) is 0. The van der Waals surface area contributed by atoms with Gasteiger partial charge < -0.3 is 9.64 Å². The molecular weight excluding hydrogens is 346 g/mol. The Bertz CT molecular complexity index is 847. The molecule has 0 N–H and O–H groups in total. The first kappa shape index (κ1) is 19.7. The van der Waals surface area contributed by atoms with Crippen LogP contribution in [0, 0.1) is 13.8 Å². The van der Waals surface area contributed by atoms with Crippen LogP contribution in [0.1, 0.15) is 35.2 Å². The van der Waals surface area contributed by atoms with Gasteiger partial charge in [-0.15, -0.1) is 0 Å². The summed E-state index contributed by atoms with van der Waals surface area (Å²) in [5.74, 6) is 0.769. The van der Waals surface area contributed by atoms with E-state index in [4.69, 9.17) is 4.74 Å². The van der Waals surface area contributed by atoms with Crippen molar-refractivity contribution in [1.29, 1.82) is 0 Å². The summed E-state index contributed by atoms with van der Waals surface area (Å²) in [5, 5.41) is 0. The Hall–Kier alpha value is -3.07. The third-order valence-electron chi connectivity index (χ3n) is 4.95. The highest BCUT2D eigenvalue weighted by Crippen LogP contribution is 2.29. The van der Waals surface area contributed by atoms with E-state index in [1.807, 2.05) is 80.3 Å². The van der Waals surface area contributed by atoms with Crippen LogP contribution in [0.2, 0.25) is 0 Å². The van der Waals surface area contributed by atoms with Gasteiger partial charge >= 0.3 is 0 Å². The van der Waals surface area contributed by atoms with Gasteiger partial charge in [-0.3, -0.25) is 4.79 Å². The maximum absolute atomic E-state index is 13.2. The maximum Gasteiger partial charge on any atom is 0.261 e. The Morgan fingerprint density at radius 2 is 1.32 bits per heavy atom. The highest BCUT2D eigenvalue weighted by molar-refractivity contribution is 5.79. The summed E-state index contributed by atoms with van der Waals surface area (Å²) in [6.07, 6.45) is 0. The Kier molecular flexibility index (Phi) is 6.49. The van der Waals surface area contributed by atoms with Crippen LogP contribution in [0.3, 0.4) is 0 Å². The second-order valence-corrected chi connectivity index (χ2v) is 6.91. The molecule has 0 aliphatic rings. The lowest BCUT2D eigenvalue weighted by Gasteiger charge is -2.32. The summed E-state index contributed by atoms with van der Waals surface area (Å²) in [6, 6.07) is 26.2. The molecule has 28 heavy (non-hydrogen) atoms. The van der Waals surface area contributed by atoms with Crippen LogP contribution < -0.4 is 4.74 Å². The van der Waals surface area contributed by atoms with E-state index in [0.717, 1.165) is 28.0 Å². The maximum atomic E-state index is 13.2. The van der Waals surface area contributed by atoms with Crippen molar-refractivity contribution in [2.45, 2.75) is 26.8 Å². The molecule has 3 rings (SSSR count). The highest BCUT2D eigenvalue weighted by Gasteiger charge is 2.26. The minimum atomic E-state index is -0.138. The van der Waals surface area contributed by atoms with Crippen molar-refractivity contribution in [2.75, 3.05) is 13.2 Å². The van der Waals surface area contributed by atoms with Crippen molar-refractivity contribution < 1.29 is 9.53 Å². The van der Waals surface area contributed by atoms with Crippen molar-refractivity contribution in [3.63, 3.8) is 0 Å². The number of carbonyl (C=O) groups excluding carboxylic acids is 1. The van der Waals surface area contributed by atoms with E-state index in [0.29, 0.717) is 6.54 Å². The number of ether oxygens (including phenoxy) is 1. The van der Waals surface area contributed by atoms with Crippen LogP contribution in [-0.4, -0.2) is 24.0 Å². The molecule has 0 unspecified atom stereocenters. The van der Waals surface area contributed by atoms with Gasteiger partial charge in [-0.1, -0.05) is 78.9 Å². The second kappa shape index (κ2) is 9.23. The van der Waals surface area contributed by atoms with Crippen LogP contribution in [0.4, 0.5) is 0 Å². The smallest absolute Gasteiger partial charge is 0.261 e.